The molecular formula is C18H13FN2O4S. The highest BCUT2D eigenvalue weighted by Crippen LogP contribution is 2.28. The molecular weight excluding hydrogens is 359 g/mol. The number of hydrogen-bond donors (Lipinski definition) is 2. The standard InChI is InChI=1S/C18H13FN2O4S/c1-25-15-6-5-10(8-14(15)22)7-13-16(23)20-18(26)21(17(13)24)12-4-2-3-11(19)9-12/h2-9,22H,1H3,(H,20,23,26)/b13-7+. The summed E-state index contributed by atoms with van der Waals surface area (Å²) in [6.07, 6.45) is 1.31. The van der Waals surface area contributed by atoms with Gasteiger partial charge in [0.25, 0.3) is 11.8 Å². The second kappa shape index (κ2) is 6.93. The Bertz CT molecular complexity index is 958. The van der Waals surface area contributed by atoms with Gasteiger partial charge in [-0.15, -0.1) is 0 Å². The van der Waals surface area contributed by atoms with Crippen LogP contribution in [0.3, 0.4) is 0 Å². The van der Waals surface area contributed by atoms with E-state index in [9.17, 15) is 19.1 Å². The molecule has 0 aromatic heterocycles. The number of carbonyl (C=O) groups excluding carboxylic acids is 2. The molecule has 1 saturated heterocycles. The molecule has 0 saturated carbocycles. The first-order valence-corrected chi connectivity index (χ1v) is 7.85. The van der Waals surface area contributed by atoms with Crippen molar-refractivity contribution in [2.45, 2.75) is 0 Å². The number of amides is 2. The van der Waals surface area contributed by atoms with Crippen molar-refractivity contribution in [3.05, 3.63) is 59.4 Å². The number of nitrogens with zero attached hydrogens (tertiary/aromatic N) is 1. The van der Waals surface area contributed by atoms with Gasteiger partial charge in [-0.25, -0.2) is 4.39 Å². The predicted molar refractivity (Wildman–Crippen MR) is 97.3 cm³/mol. The van der Waals surface area contributed by atoms with E-state index in [1.165, 1.54) is 43.5 Å². The van der Waals surface area contributed by atoms with E-state index < -0.39 is 17.6 Å². The van der Waals surface area contributed by atoms with E-state index in [0.29, 0.717) is 5.56 Å². The molecule has 3 rings (SSSR count). The van der Waals surface area contributed by atoms with Crippen LogP contribution in [0, 0.1) is 5.82 Å². The van der Waals surface area contributed by atoms with Crippen LogP contribution >= 0.6 is 12.2 Å². The molecule has 0 radical (unpaired) electrons. The Morgan fingerprint density at radius 1 is 1.23 bits per heavy atom. The zero-order valence-electron chi connectivity index (χ0n) is 13.5. The minimum absolute atomic E-state index is 0.136. The van der Waals surface area contributed by atoms with Gasteiger partial charge in [-0.2, -0.15) is 0 Å². The predicted octanol–water partition coefficient (Wildman–Crippen LogP) is 2.37. The number of rotatable bonds is 3. The number of hydrogen-bond acceptors (Lipinski definition) is 5. The van der Waals surface area contributed by atoms with Gasteiger partial charge >= 0.3 is 0 Å². The molecule has 0 unspecified atom stereocenters. The van der Waals surface area contributed by atoms with Crippen molar-refractivity contribution in [2.75, 3.05) is 12.0 Å². The summed E-state index contributed by atoms with van der Waals surface area (Å²) in [5.74, 6) is -1.79. The smallest absolute Gasteiger partial charge is 0.270 e. The highest BCUT2D eigenvalue weighted by atomic mass is 32.1. The van der Waals surface area contributed by atoms with Gasteiger partial charge in [-0.1, -0.05) is 12.1 Å². The molecule has 132 valence electrons. The van der Waals surface area contributed by atoms with Crippen LogP contribution in [0.1, 0.15) is 5.56 Å². The molecule has 26 heavy (non-hydrogen) atoms. The molecule has 2 N–H and O–H groups in total. The van der Waals surface area contributed by atoms with Gasteiger partial charge in [0.15, 0.2) is 16.6 Å². The fourth-order valence-corrected chi connectivity index (χ4v) is 2.75. The van der Waals surface area contributed by atoms with E-state index in [-0.39, 0.29) is 27.9 Å². The van der Waals surface area contributed by atoms with E-state index in [2.05, 4.69) is 5.32 Å². The molecule has 0 bridgehead atoms. The van der Waals surface area contributed by atoms with Crippen LogP contribution in [0.2, 0.25) is 0 Å². The summed E-state index contributed by atoms with van der Waals surface area (Å²) in [7, 11) is 1.41. The Hall–Kier alpha value is -3.26. The lowest BCUT2D eigenvalue weighted by Crippen LogP contribution is -2.54. The number of carbonyl (C=O) groups is 2. The van der Waals surface area contributed by atoms with E-state index >= 15 is 0 Å². The maximum absolute atomic E-state index is 13.5. The molecule has 6 nitrogen and oxygen atoms in total. The first-order chi connectivity index (χ1) is 12.4. The maximum Gasteiger partial charge on any atom is 0.270 e. The van der Waals surface area contributed by atoms with E-state index in [0.717, 1.165) is 11.0 Å². The maximum atomic E-state index is 13.5. The zero-order valence-corrected chi connectivity index (χ0v) is 14.3. The summed E-state index contributed by atoms with van der Waals surface area (Å²) < 4.78 is 18.4. The van der Waals surface area contributed by atoms with Crippen LogP contribution in [-0.4, -0.2) is 29.1 Å². The van der Waals surface area contributed by atoms with Gasteiger partial charge in [0.2, 0.25) is 0 Å². The van der Waals surface area contributed by atoms with Crippen LogP contribution in [0.15, 0.2) is 48.0 Å². The topological polar surface area (TPSA) is 78.9 Å². The average Bonchev–Trinajstić information content (AvgIpc) is 2.58. The third-order valence-corrected chi connectivity index (χ3v) is 3.97. The number of aromatic hydroxyl groups is 1. The molecule has 2 amide bonds. The minimum Gasteiger partial charge on any atom is -0.504 e. The minimum atomic E-state index is -0.695. The fourth-order valence-electron chi connectivity index (χ4n) is 2.47. The summed E-state index contributed by atoms with van der Waals surface area (Å²) >= 11 is 5.04. The molecule has 0 spiro atoms. The molecule has 2 aromatic rings. The summed E-state index contributed by atoms with van der Waals surface area (Å²) in [6, 6.07) is 9.73. The Morgan fingerprint density at radius 2 is 2.00 bits per heavy atom. The molecule has 0 aliphatic carbocycles. The Labute approximate surface area is 153 Å². The number of thiocarbonyl (C=S) groups is 1. The van der Waals surface area contributed by atoms with Gasteiger partial charge in [0.05, 0.1) is 12.8 Å². The molecule has 0 atom stereocenters. The normalized spacial score (nSPS) is 16.0. The van der Waals surface area contributed by atoms with E-state index in [1.54, 1.807) is 6.07 Å². The third-order valence-electron chi connectivity index (χ3n) is 3.68. The number of ether oxygens (including phenoxy) is 1. The van der Waals surface area contributed by atoms with Crippen molar-refractivity contribution < 1.29 is 23.8 Å². The number of anilines is 1. The summed E-state index contributed by atoms with van der Waals surface area (Å²) in [6.45, 7) is 0. The van der Waals surface area contributed by atoms with Crippen molar-refractivity contribution >= 4 is 40.9 Å². The highest BCUT2D eigenvalue weighted by molar-refractivity contribution is 7.80. The Morgan fingerprint density at radius 3 is 2.65 bits per heavy atom. The second-order valence-corrected chi connectivity index (χ2v) is 5.76. The van der Waals surface area contributed by atoms with Crippen molar-refractivity contribution in [3.63, 3.8) is 0 Å². The van der Waals surface area contributed by atoms with Crippen molar-refractivity contribution in [3.8, 4) is 11.5 Å². The second-order valence-electron chi connectivity index (χ2n) is 5.37. The van der Waals surface area contributed by atoms with E-state index in [4.69, 9.17) is 17.0 Å². The van der Waals surface area contributed by atoms with Crippen LogP contribution in [0.4, 0.5) is 10.1 Å². The molecule has 1 heterocycles. The first kappa shape index (κ1) is 17.6. The molecule has 2 aromatic carbocycles. The fraction of sp³-hybridized carbons (Fsp3) is 0.0556. The molecule has 1 aliphatic rings. The lowest BCUT2D eigenvalue weighted by Gasteiger charge is -2.28. The Kier molecular flexibility index (Phi) is 4.68. The largest absolute Gasteiger partial charge is 0.504 e. The van der Waals surface area contributed by atoms with Crippen LogP contribution in [-0.2, 0) is 9.59 Å². The van der Waals surface area contributed by atoms with Crippen LogP contribution < -0.4 is 15.0 Å². The van der Waals surface area contributed by atoms with Gasteiger partial charge < -0.3 is 9.84 Å². The molecule has 1 aliphatic heterocycles. The van der Waals surface area contributed by atoms with Gasteiger partial charge in [-0.3, -0.25) is 19.8 Å². The number of phenolic OH excluding ortho intramolecular Hbond substituents is 1. The first-order valence-electron chi connectivity index (χ1n) is 7.44. The summed E-state index contributed by atoms with van der Waals surface area (Å²) in [5.41, 5.74) is 0.407. The molecule has 1 fully saturated rings. The number of methoxy groups -OCH3 is 1. The highest BCUT2D eigenvalue weighted by Gasteiger charge is 2.34. The lowest BCUT2D eigenvalue weighted by atomic mass is 10.1. The lowest BCUT2D eigenvalue weighted by molar-refractivity contribution is -0.122. The number of phenols is 1. The van der Waals surface area contributed by atoms with E-state index in [1.807, 2.05) is 0 Å². The third kappa shape index (κ3) is 3.27. The van der Waals surface area contributed by atoms with Crippen molar-refractivity contribution in [1.29, 1.82) is 0 Å². The monoisotopic (exact) mass is 372 g/mol. The molecule has 8 heteroatoms. The van der Waals surface area contributed by atoms with Crippen molar-refractivity contribution in [2.24, 2.45) is 0 Å². The van der Waals surface area contributed by atoms with Gasteiger partial charge in [0.1, 0.15) is 11.4 Å². The van der Waals surface area contributed by atoms with Crippen LogP contribution in [0.5, 0.6) is 11.5 Å². The zero-order chi connectivity index (χ0) is 18.8. The summed E-state index contributed by atoms with van der Waals surface area (Å²) in [5, 5.41) is 12.1. The van der Waals surface area contributed by atoms with Crippen LogP contribution in [0.25, 0.3) is 6.08 Å². The van der Waals surface area contributed by atoms with Crippen molar-refractivity contribution in [1.82, 2.24) is 5.32 Å². The number of nitrogens with one attached hydrogen (secondary N) is 1. The number of benzene rings is 2. The van der Waals surface area contributed by atoms with Gasteiger partial charge in [0, 0.05) is 0 Å². The van der Waals surface area contributed by atoms with Gasteiger partial charge in [-0.05, 0) is 54.2 Å². The average molecular weight is 372 g/mol. The summed E-state index contributed by atoms with van der Waals surface area (Å²) in [4.78, 5) is 26.0. The quantitative estimate of drug-likeness (QED) is 0.491. The Balaban J connectivity index is 2.01. The SMILES string of the molecule is COc1ccc(/C=C2\C(=O)NC(=S)N(c3cccc(F)c3)C2=O)cc1O. The number of halogens is 1.